The number of ether oxygens (including phenoxy) is 1. The van der Waals surface area contributed by atoms with Gasteiger partial charge in [-0.15, -0.1) is 0 Å². The molecule has 0 saturated heterocycles. The molecule has 0 amide bonds. The first-order valence-corrected chi connectivity index (χ1v) is 8.17. The minimum Gasteiger partial charge on any atom is -0.490 e. The lowest BCUT2D eigenvalue weighted by Crippen LogP contribution is -2.17. The lowest BCUT2D eigenvalue weighted by molar-refractivity contribution is 0.254. The number of benzene rings is 2. The first-order chi connectivity index (χ1) is 10.1. The minimum absolute atomic E-state index is 0.139. The van der Waals surface area contributed by atoms with Crippen molar-refractivity contribution in [3.63, 3.8) is 0 Å². The molecule has 0 fully saturated rings. The molecule has 0 spiro atoms. The van der Waals surface area contributed by atoms with E-state index in [0.717, 1.165) is 21.7 Å². The summed E-state index contributed by atoms with van der Waals surface area (Å²) in [6.45, 7) is 2.10. The Labute approximate surface area is 138 Å². The summed E-state index contributed by atoms with van der Waals surface area (Å²) < 4.78 is 6.69. The molecule has 1 heterocycles. The molecule has 4 heteroatoms. The van der Waals surface area contributed by atoms with Crippen LogP contribution in [0, 0.1) is 0 Å². The van der Waals surface area contributed by atoms with E-state index in [0.29, 0.717) is 0 Å². The van der Waals surface area contributed by atoms with Crippen molar-refractivity contribution in [1.29, 1.82) is 0 Å². The third-order valence-electron chi connectivity index (χ3n) is 3.82. The Kier molecular flexibility index (Phi) is 4.25. The molecular formula is C17H17BrClNO. The van der Waals surface area contributed by atoms with E-state index >= 15 is 0 Å². The number of rotatable bonds is 3. The predicted molar refractivity (Wildman–Crippen MR) is 90.3 cm³/mol. The molecule has 0 aliphatic carbocycles. The molecule has 2 atom stereocenters. The first kappa shape index (κ1) is 14.9. The number of hydrogen-bond donors (Lipinski definition) is 1. The van der Waals surface area contributed by atoms with Gasteiger partial charge < -0.3 is 10.1 Å². The van der Waals surface area contributed by atoms with E-state index in [-0.39, 0.29) is 12.1 Å². The van der Waals surface area contributed by atoms with Gasteiger partial charge in [-0.2, -0.15) is 0 Å². The quantitative estimate of drug-likeness (QED) is 0.847. The molecule has 2 aromatic rings. The number of fused-ring (bicyclic) bond motifs is 1. The van der Waals surface area contributed by atoms with Gasteiger partial charge in [-0.05, 0) is 64.8 Å². The predicted octanol–water partition coefficient (Wildman–Crippen LogP) is 4.73. The fourth-order valence-electron chi connectivity index (χ4n) is 2.84. The van der Waals surface area contributed by atoms with Crippen LogP contribution in [0.1, 0.15) is 29.7 Å². The highest BCUT2D eigenvalue weighted by atomic mass is 79.9. The van der Waals surface area contributed by atoms with Gasteiger partial charge in [0.25, 0.3) is 0 Å². The number of hydrogen-bond acceptors (Lipinski definition) is 2. The fraction of sp³-hybridized carbons (Fsp3) is 0.294. The monoisotopic (exact) mass is 365 g/mol. The van der Waals surface area contributed by atoms with Crippen molar-refractivity contribution < 1.29 is 4.74 Å². The van der Waals surface area contributed by atoms with E-state index in [1.165, 1.54) is 16.7 Å². The third kappa shape index (κ3) is 2.96. The van der Waals surface area contributed by atoms with Gasteiger partial charge in [-0.25, -0.2) is 0 Å². The van der Waals surface area contributed by atoms with Crippen LogP contribution in [0.4, 0.5) is 0 Å². The molecule has 0 aromatic heterocycles. The maximum Gasteiger partial charge on any atom is 0.123 e. The molecule has 0 bridgehead atoms. The van der Waals surface area contributed by atoms with Crippen molar-refractivity contribution in [2.75, 3.05) is 7.05 Å². The van der Waals surface area contributed by atoms with E-state index < -0.39 is 0 Å². The number of halogens is 2. The zero-order valence-electron chi connectivity index (χ0n) is 12.0. The van der Waals surface area contributed by atoms with Crippen LogP contribution in [0.3, 0.4) is 0 Å². The van der Waals surface area contributed by atoms with E-state index in [4.69, 9.17) is 16.3 Å². The highest BCUT2D eigenvalue weighted by molar-refractivity contribution is 9.10. The average Bonchev–Trinajstić information content (AvgIpc) is 2.83. The van der Waals surface area contributed by atoms with Gasteiger partial charge >= 0.3 is 0 Å². The minimum atomic E-state index is 0.139. The molecular weight excluding hydrogens is 350 g/mol. The standard InChI is InChI=1S/C17H17BrClNO/c1-10-7-13-8-11(4-6-16(13)21-10)17(20-2)12-3-5-15(19)14(18)9-12/h3-6,8-10,17,20H,7H2,1-2H3. The normalized spacial score (nSPS) is 18.2. The van der Waals surface area contributed by atoms with Crippen LogP contribution in [0.5, 0.6) is 5.75 Å². The van der Waals surface area contributed by atoms with Crippen LogP contribution in [-0.2, 0) is 6.42 Å². The Balaban J connectivity index is 1.97. The molecule has 1 aliphatic rings. The van der Waals surface area contributed by atoms with Gasteiger partial charge in [-0.1, -0.05) is 29.8 Å². The maximum absolute atomic E-state index is 6.08. The summed E-state index contributed by atoms with van der Waals surface area (Å²) in [5.41, 5.74) is 3.71. The second-order valence-corrected chi connectivity index (χ2v) is 6.66. The molecule has 1 N–H and O–H groups in total. The fourth-order valence-corrected chi connectivity index (χ4v) is 3.35. The van der Waals surface area contributed by atoms with E-state index in [1.54, 1.807) is 0 Å². The van der Waals surface area contributed by atoms with Crippen LogP contribution < -0.4 is 10.1 Å². The largest absolute Gasteiger partial charge is 0.490 e. The molecule has 2 unspecified atom stereocenters. The molecule has 0 radical (unpaired) electrons. The molecule has 3 rings (SSSR count). The van der Waals surface area contributed by atoms with Gasteiger partial charge in [0.15, 0.2) is 0 Å². The molecule has 0 saturated carbocycles. The van der Waals surface area contributed by atoms with E-state index in [9.17, 15) is 0 Å². The molecule has 21 heavy (non-hydrogen) atoms. The van der Waals surface area contributed by atoms with Crippen molar-refractivity contribution in [2.45, 2.75) is 25.5 Å². The van der Waals surface area contributed by atoms with Crippen LogP contribution in [0.25, 0.3) is 0 Å². The average molecular weight is 367 g/mol. The van der Waals surface area contributed by atoms with Crippen molar-refractivity contribution >= 4 is 27.5 Å². The second-order valence-electron chi connectivity index (χ2n) is 5.39. The van der Waals surface area contributed by atoms with Crippen molar-refractivity contribution in [1.82, 2.24) is 5.32 Å². The topological polar surface area (TPSA) is 21.3 Å². The molecule has 110 valence electrons. The molecule has 2 aromatic carbocycles. The lowest BCUT2D eigenvalue weighted by atomic mass is 9.96. The Morgan fingerprint density at radius 3 is 2.67 bits per heavy atom. The smallest absolute Gasteiger partial charge is 0.123 e. The number of nitrogens with one attached hydrogen (secondary N) is 1. The Bertz CT molecular complexity index is 674. The summed E-state index contributed by atoms with van der Waals surface area (Å²) >= 11 is 9.58. The van der Waals surface area contributed by atoms with Crippen LogP contribution in [0.2, 0.25) is 5.02 Å². The lowest BCUT2D eigenvalue weighted by Gasteiger charge is -2.18. The maximum atomic E-state index is 6.08. The van der Waals surface area contributed by atoms with Gasteiger partial charge in [0.05, 0.1) is 11.1 Å². The van der Waals surface area contributed by atoms with Crippen LogP contribution >= 0.6 is 27.5 Å². The first-order valence-electron chi connectivity index (χ1n) is 7.00. The molecule has 1 aliphatic heterocycles. The van der Waals surface area contributed by atoms with Gasteiger partial charge in [-0.3, -0.25) is 0 Å². The van der Waals surface area contributed by atoms with Crippen molar-refractivity contribution in [3.8, 4) is 5.75 Å². The summed E-state index contributed by atoms with van der Waals surface area (Å²) in [4.78, 5) is 0. The van der Waals surface area contributed by atoms with Crippen LogP contribution in [-0.4, -0.2) is 13.2 Å². The highest BCUT2D eigenvalue weighted by Gasteiger charge is 2.21. The third-order valence-corrected chi connectivity index (χ3v) is 5.03. The molecule has 2 nitrogen and oxygen atoms in total. The second kappa shape index (κ2) is 5.99. The summed E-state index contributed by atoms with van der Waals surface area (Å²) in [5, 5.41) is 4.11. The Morgan fingerprint density at radius 2 is 1.95 bits per heavy atom. The van der Waals surface area contributed by atoms with E-state index in [1.807, 2.05) is 13.1 Å². The SMILES string of the molecule is CNC(c1ccc(Cl)c(Br)c1)c1ccc2c(c1)CC(C)O2. The van der Waals surface area contributed by atoms with Crippen molar-refractivity contribution in [2.24, 2.45) is 0 Å². The summed E-state index contributed by atoms with van der Waals surface area (Å²) in [6.07, 6.45) is 1.25. The van der Waals surface area contributed by atoms with E-state index in [2.05, 4.69) is 58.5 Å². The zero-order chi connectivity index (χ0) is 15.0. The zero-order valence-corrected chi connectivity index (χ0v) is 14.3. The Hall–Kier alpha value is -1.03. The van der Waals surface area contributed by atoms with Gasteiger partial charge in [0, 0.05) is 10.9 Å². The summed E-state index contributed by atoms with van der Waals surface area (Å²) in [5.74, 6) is 1.01. The summed E-state index contributed by atoms with van der Waals surface area (Å²) in [7, 11) is 1.97. The van der Waals surface area contributed by atoms with Gasteiger partial charge in [0.1, 0.15) is 11.9 Å². The van der Waals surface area contributed by atoms with Crippen molar-refractivity contribution in [3.05, 3.63) is 62.6 Å². The highest BCUT2D eigenvalue weighted by Crippen LogP contribution is 2.34. The van der Waals surface area contributed by atoms with Crippen LogP contribution in [0.15, 0.2) is 40.9 Å². The van der Waals surface area contributed by atoms with Gasteiger partial charge in [0.2, 0.25) is 0 Å². The Morgan fingerprint density at radius 1 is 1.24 bits per heavy atom. The summed E-state index contributed by atoms with van der Waals surface area (Å²) in [6, 6.07) is 12.6.